The molecule has 0 amide bonds. The summed E-state index contributed by atoms with van der Waals surface area (Å²) in [5.74, 6) is 1.21. The average Bonchev–Trinajstić information content (AvgIpc) is 2.50. The van der Waals surface area contributed by atoms with Crippen molar-refractivity contribution >= 4 is 16.7 Å². The van der Waals surface area contributed by atoms with Crippen molar-refractivity contribution in [2.75, 3.05) is 32.0 Å². The molecule has 1 N–H and O–H groups in total. The average molecular weight is 288 g/mol. The predicted octanol–water partition coefficient (Wildman–Crippen LogP) is 2.91. The molecule has 1 saturated heterocycles. The van der Waals surface area contributed by atoms with Crippen LogP contribution in [0.3, 0.4) is 0 Å². The lowest BCUT2D eigenvalue weighted by atomic mass is 9.94. The van der Waals surface area contributed by atoms with Gasteiger partial charge in [-0.2, -0.15) is 0 Å². The highest BCUT2D eigenvalue weighted by Gasteiger charge is 2.16. The summed E-state index contributed by atoms with van der Waals surface area (Å²) in [6, 6.07) is 4.98. The lowest BCUT2D eigenvalue weighted by molar-refractivity contribution is 0.215. The quantitative estimate of drug-likeness (QED) is 0.939. The van der Waals surface area contributed by atoms with E-state index in [-0.39, 0.29) is 5.82 Å². The molecule has 0 spiro atoms. The first-order valence-corrected chi connectivity index (χ1v) is 7.55. The monoisotopic (exact) mass is 288 g/mol. The molecule has 4 nitrogen and oxygen atoms in total. The van der Waals surface area contributed by atoms with E-state index in [1.54, 1.807) is 6.07 Å². The number of halogens is 1. The van der Waals surface area contributed by atoms with Crippen LogP contribution in [0.1, 0.15) is 19.3 Å². The van der Waals surface area contributed by atoms with E-state index in [0.717, 1.165) is 30.1 Å². The molecule has 0 atom stereocenters. The third kappa shape index (κ3) is 3.29. The number of para-hydroxylation sites is 1. The molecule has 1 fully saturated rings. The molecule has 2 heterocycles. The molecule has 0 saturated carbocycles. The Morgan fingerprint density at radius 2 is 2.10 bits per heavy atom. The molecule has 112 valence electrons. The molecule has 1 aromatic heterocycles. The number of fused-ring (bicyclic) bond motifs is 1. The van der Waals surface area contributed by atoms with E-state index in [1.165, 1.54) is 38.3 Å². The van der Waals surface area contributed by atoms with Gasteiger partial charge in [0.15, 0.2) is 0 Å². The highest BCUT2D eigenvalue weighted by atomic mass is 19.1. The van der Waals surface area contributed by atoms with E-state index in [0.29, 0.717) is 5.52 Å². The van der Waals surface area contributed by atoms with Gasteiger partial charge in [-0.25, -0.2) is 14.4 Å². The Bertz CT molecular complexity index is 608. The Labute approximate surface area is 124 Å². The fourth-order valence-corrected chi connectivity index (χ4v) is 2.94. The molecule has 0 radical (unpaired) electrons. The van der Waals surface area contributed by atoms with Crippen molar-refractivity contribution in [3.63, 3.8) is 0 Å². The first-order chi connectivity index (χ1) is 10.2. The van der Waals surface area contributed by atoms with E-state index >= 15 is 0 Å². The van der Waals surface area contributed by atoms with Crippen LogP contribution >= 0.6 is 0 Å². The molecule has 1 aliphatic rings. The summed E-state index contributed by atoms with van der Waals surface area (Å²) < 4.78 is 13.7. The molecule has 21 heavy (non-hydrogen) atoms. The van der Waals surface area contributed by atoms with Gasteiger partial charge >= 0.3 is 0 Å². The zero-order valence-electron chi connectivity index (χ0n) is 12.3. The topological polar surface area (TPSA) is 41.0 Å². The van der Waals surface area contributed by atoms with E-state index in [1.807, 2.05) is 6.07 Å². The molecule has 2 aromatic rings. The van der Waals surface area contributed by atoms with Gasteiger partial charge in [-0.3, -0.25) is 0 Å². The minimum Gasteiger partial charge on any atom is -0.369 e. The van der Waals surface area contributed by atoms with Gasteiger partial charge < -0.3 is 10.2 Å². The van der Waals surface area contributed by atoms with Crippen LogP contribution in [0.4, 0.5) is 10.2 Å². The molecular formula is C16H21FN4. The van der Waals surface area contributed by atoms with Crippen molar-refractivity contribution in [1.29, 1.82) is 0 Å². The van der Waals surface area contributed by atoms with Crippen LogP contribution in [0.2, 0.25) is 0 Å². The third-order valence-electron chi connectivity index (χ3n) is 4.30. The summed E-state index contributed by atoms with van der Waals surface area (Å²) in [5.41, 5.74) is 0.384. The van der Waals surface area contributed by atoms with E-state index in [9.17, 15) is 4.39 Å². The fraction of sp³-hybridized carbons (Fsp3) is 0.500. The number of nitrogens with one attached hydrogen (secondary N) is 1. The Kier molecular flexibility index (Phi) is 4.29. The van der Waals surface area contributed by atoms with Crippen LogP contribution in [-0.4, -0.2) is 41.5 Å². The Morgan fingerprint density at radius 3 is 2.90 bits per heavy atom. The highest BCUT2D eigenvalue weighted by molar-refractivity contribution is 5.89. The molecule has 0 aliphatic carbocycles. The van der Waals surface area contributed by atoms with Crippen molar-refractivity contribution in [3.8, 4) is 0 Å². The molecule has 5 heteroatoms. The minimum atomic E-state index is -0.298. The largest absolute Gasteiger partial charge is 0.369 e. The number of benzene rings is 1. The zero-order chi connectivity index (χ0) is 14.7. The highest BCUT2D eigenvalue weighted by Crippen LogP contribution is 2.23. The van der Waals surface area contributed by atoms with E-state index < -0.39 is 0 Å². The van der Waals surface area contributed by atoms with Gasteiger partial charge in [-0.15, -0.1) is 0 Å². The van der Waals surface area contributed by atoms with Gasteiger partial charge in [0.1, 0.15) is 23.5 Å². The maximum atomic E-state index is 13.7. The van der Waals surface area contributed by atoms with E-state index in [4.69, 9.17) is 0 Å². The number of hydrogen-bond donors (Lipinski definition) is 1. The number of rotatable bonds is 4. The summed E-state index contributed by atoms with van der Waals surface area (Å²) in [5, 5.41) is 4.09. The van der Waals surface area contributed by atoms with Crippen LogP contribution in [-0.2, 0) is 0 Å². The van der Waals surface area contributed by atoms with Crippen LogP contribution in [0.5, 0.6) is 0 Å². The smallest absolute Gasteiger partial charge is 0.149 e. The fourth-order valence-electron chi connectivity index (χ4n) is 2.94. The Morgan fingerprint density at radius 1 is 1.29 bits per heavy atom. The molecule has 0 bridgehead atoms. The maximum absolute atomic E-state index is 13.7. The van der Waals surface area contributed by atoms with Crippen molar-refractivity contribution in [3.05, 3.63) is 30.3 Å². The Hall–Kier alpha value is -1.75. The van der Waals surface area contributed by atoms with Gasteiger partial charge in [0, 0.05) is 11.9 Å². The number of piperidine rings is 1. The van der Waals surface area contributed by atoms with Crippen molar-refractivity contribution in [1.82, 2.24) is 14.9 Å². The van der Waals surface area contributed by atoms with Gasteiger partial charge in [0.25, 0.3) is 0 Å². The van der Waals surface area contributed by atoms with Crippen molar-refractivity contribution in [2.24, 2.45) is 5.92 Å². The summed E-state index contributed by atoms with van der Waals surface area (Å²) in [6.07, 6.45) is 5.08. The minimum absolute atomic E-state index is 0.298. The number of anilines is 1. The molecule has 1 aliphatic heterocycles. The zero-order valence-corrected chi connectivity index (χ0v) is 12.3. The summed E-state index contributed by atoms with van der Waals surface area (Å²) in [6.45, 7) is 3.25. The normalized spacial score (nSPS) is 17.2. The predicted molar refractivity (Wildman–Crippen MR) is 82.8 cm³/mol. The first kappa shape index (κ1) is 14.2. The second-order valence-electron chi connectivity index (χ2n) is 5.82. The summed E-state index contributed by atoms with van der Waals surface area (Å²) in [4.78, 5) is 10.6. The van der Waals surface area contributed by atoms with Gasteiger partial charge in [0.2, 0.25) is 0 Å². The van der Waals surface area contributed by atoms with Crippen LogP contribution in [0.15, 0.2) is 24.5 Å². The van der Waals surface area contributed by atoms with Gasteiger partial charge in [-0.1, -0.05) is 6.07 Å². The molecular weight excluding hydrogens is 267 g/mol. The SMILES string of the molecule is CN1CCC(CCNc2ncnc3c(F)cccc23)CC1. The van der Waals surface area contributed by atoms with Crippen LogP contribution in [0.25, 0.3) is 10.9 Å². The molecule has 3 rings (SSSR count). The van der Waals surface area contributed by atoms with Crippen LogP contribution in [0, 0.1) is 11.7 Å². The first-order valence-electron chi connectivity index (χ1n) is 7.55. The van der Waals surface area contributed by atoms with Gasteiger partial charge in [-0.05, 0) is 57.5 Å². The van der Waals surface area contributed by atoms with Crippen LogP contribution < -0.4 is 5.32 Å². The van der Waals surface area contributed by atoms with E-state index in [2.05, 4.69) is 27.2 Å². The molecule has 1 aromatic carbocycles. The standard InChI is InChI=1S/C16H21FN4/c1-21-9-6-12(7-10-21)5-8-18-16-13-3-2-4-14(17)15(13)19-11-20-16/h2-4,11-12H,5-10H2,1H3,(H,18,19,20). The van der Waals surface area contributed by atoms with Crippen molar-refractivity contribution < 1.29 is 4.39 Å². The maximum Gasteiger partial charge on any atom is 0.149 e. The number of hydrogen-bond acceptors (Lipinski definition) is 4. The van der Waals surface area contributed by atoms with Gasteiger partial charge in [0.05, 0.1) is 0 Å². The number of likely N-dealkylation sites (tertiary alicyclic amines) is 1. The Balaban J connectivity index is 1.62. The second kappa shape index (κ2) is 6.35. The molecule has 0 unspecified atom stereocenters. The second-order valence-corrected chi connectivity index (χ2v) is 5.82. The van der Waals surface area contributed by atoms with Crippen molar-refractivity contribution in [2.45, 2.75) is 19.3 Å². The lowest BCUT2D eigenvalue weighted by Crippen LogP contribution is -2.30. The number of aromatic nitrogens is 2. The summed E-state index contributed by atoms with van der Waals surface area (Å²) >= 11 is 0. The number of nitrogens with zero attached hydrogens (tertiary/aromatic N) is 3. The third-order valence-corrected chi connectivity index (χ3v) is 4.30. The lowest BCUT2D eigenvalue weighted by Gasteiger charge is -2.28. The summed E-state index contributed by atoms with van der Waals surface area (Å²) in [7, 11) is 2.18.